The Kier molecular flexibility index (Phi) is 8.59. The number of benzene rings is 1. The molecule has 1 saturated carbocycles. The molecule has 2 N–H and O–H groups in total. The summed E-state index contributed by atoms with van der Waals surface area (Å²) >= 11 is 6.38. The molecule has 1 aromatic rings. The second-order valence-electron chi connectivity index (χ2n) is 8.11. The van der Waals surface area contributed by atoms with E-state index in [4.69, 9.17) is 16.3 Å². The molecule has 156 valence electrons. The first-order chi connectivity index (χ1) is 13.7. The SMILES string of the molecule is COCCNC(=O)[C@@H]1C[C@H](NC2CCCCCC2)CN1Cc1ccccc1Cl. The van der Waals surface area contributed by atoms with Crippen molar-refractivity contribution in [3.05, 3.63) is 34.9 Å². The molecule has 3 rings (SSSR count). The lowest BCUT2D eigenvalue weighted by Crippen LogP contribution is -2.43. The summed E-state index contributed by atoms with van der Waals surface area (Å²) in [6.45, 7) is 2.66. The van der Waals surface area contributed by atoms with Gasteiger partial charge in [0, 0.05) is 43.9 Å². The van der Waals surface area contributed by atoms with Gasteiger partial charge >= 0.3 is 0 Å². The summed E-state index contributed by atoms with van der Waals surface area (Å²) < 4.78 is 5.07. The van der Waals surface area contributed by atoms with Crippen LogP contribution < -0.4 is 10.6 Å². The van der Waals surface area contributed by atoms with Gasteiger partial charge in [-0.15, -0.1) is 0 Å². The summed E-state index contributed by atoms with van der Waals surface area (Å²) in [6, 6.07) is 8.73. The number of rotatable bonds is 8. The van der Waals surface area contributed by atoms with Crippen LogP contribution in [0, 0.1) is 0 Å². The van der Waals surface area contributed by atoms with Crippen LogP contribution in [-0.4, -0.2) is 55.7 Å². The van der Waals surface area contributed by atoms with Gasteiger partial charge < -0.3 is 15.4 Å². The van der Waals surface area contributed by atoms with Crippen LogP contribution in [-0.2, 0) is 16.1 Å². The maximum atomic E-state index is 12.8. The van der Waals surface area contributed by atoms with Gasteiger partial charge in [0.15, 0.2) is 0 Å². The van der Waals surface area contributed by atoms with E-state index in [0.717, 1.165) is 23.6 Å². The molecule has 28 heavy (non-hydrogen) atoms. The van der Waals surface area contributed by atoms with Gasteiger partial charge in [-0.05, 0) is 30.9 Å². The highest BCUT2D eigenvalue weighted by Gasteiger charge is 2.37. The summed E-state index contributed by atoms with van der Waals surface area (Å²) in [5.74, 6) is 0.0919. The van der Waals surface area contributed by atoms with Crippen molar-refractivity contribution in [2.24, 2.45) is 0 Å². The molecule has 2 aliphatic rings. The van der Waals surface area contributed by atoms with Crippen LogP contribution in [0.2, 0.25) is 5.02 Å². The van der Waals surface area contributed by atoms with Crippen LogP contribution in [0.5, 0.6) is 0 Å². The third-order valence-electron chi connectivity index (χ3n) is 5.97. The van der Waals surface area contributed by atoms with Gasteiger partial charge in [-0.25, -0.2) is 0 Å². The number of methoxy groups -OCH3 is 1. The molecule has 6 heteroatoms. The number of carbonyl (C=O) groups is 1. The Balaban J connectivity index is 1.64. The topological polar surface area (TPSA) is 53.6 Å². The first-order valence-corrected chi connectivity index (χ1v) is 11.1. The highest BCUT2D eigenvalue weighted by Crippen LogP contribution is 2.26. The normalized spacial score (nSPS) is 24.2. The van der Waals surface area contributed by atoms with Gasteiger partial charge in [0.2, 0.25) is 5.91 Å². The molecule has 1 aliphatic heterocycles. The fraction of sp³-hybridized carbons (Fsp3) is 0.682. The first-order valence-electron chi connectivity index (χ1n) is 10.7. The molecule has 0 aromatic heterocycles. The van der Waals surface area contributed by atoms with Crippen molar-refractivity contribution in [2.75, 3.05) is 26.8 Å². The number of nitrogens with one attached hydrogen (secondary N) is 2. The molecule has 1 aliphatic carbocycles. The maximum absolute atomic E-state index is 12.8. The molecule has 0 bridgehead atoms. The summed E-state index contributed by atoms with van der Waals surface area (Å²) in [7, 11) is 1.65. The van der Waals surface area contributed by atoms with Crippen LogP contribution in [0.15, 0.2) is 24.3 Å². The van der Waals surface area contributed by atoms with E-state index in [1.165, 1.54) is 38.5 Å². The second kappa shape index (κ2) is 11.1. The Hall–Kier alpha value is -1.14. The van der Waals surface area contributed by atoms with Crippen molar-refractivity contribution in [2.45, 2.75) is 69.6 Å². The molecule has 0 unspecified atom stereocenters. The highest BCUT2D eigenvalue weighted by atomic mass is 35.5. The lowest BCUT2D eigenvalue weighted by molar-refractivity contribution is -0.125. The smallest absolute Gasteiger partial charge is 0.237 e. The van der Waals surface area contributed by atoms with Crippen LogP contribution in [0.1, 0.15) is 50.5 Å². The number of hydrogen-bond donors (Lipinski definition) is 2. The largest absolute Gasteiger partial charge is 0.383 e. The number of carbonyl (C=O) groups excluding carboxylic acids is 1. The van der Waals surface area contributed by atoms with Crippen LogP contribution in [0.3, 0.4) is 0 Å². The zero-order chi connectivity index (χ0) is 19.8. The Labute approximate surface area is 174 Å². The standard InChI is InChI=1S/C22H34ClN3O2/c1-28-13-12-24-22(27)21-14-19(25-18-9-4-2-3-5-10-18)16-26(21)15-17-8-6-7-11-20(17)23/h6-8,11,18-19,21,25H,2-5,9-10,12-16H2,1H3,(H,24,27)/t19-,21-/m0/s1. The Morgan fingerprint density at radius 3 is 2.64 bits per heavy atom. The quantitative estimate of drug-likeness (QED) is 0.512. The van der Waals surface area contributed by atoms with Crippen molar-refractivity contribution >= 4 is 17.5 Å². The van der Waals surface area contributed by atoms with Gasteiger partial charge in [0.25, 0.3) is 0 Å². The Morgan fingerprint density at radius 2 is 1.93 bits per heavy atom. The molecule has 1 saturated heterocycles. The van der Waals surface area contributed by atoms with E-state index in [0.29, 0.717) is 31.8 Å². The highest BCUT2D eigenvalue weighted by molar-refractivity contribution is 6.31. The monoisotopic (exact) mass is 407 g/mol. The fourth-order valence-electron chi connectivity index (χ4n) is 4.49. The number of ether oxygens (including phenoxy) is 1. The minimum absolute atomic E-state index is 0.0919. The van der Waals surface area contributed by atoms with Crippen molar-refractivity contribution in [1.29, 1.82) is 0 Å². The lowest BCUT2D eigenvalue weighted by atomic mass is 10.1. The molecule has 5 nitrogen and oxygen atoms in total. The minimum Gasteiger partial charge on any atom is -0.383 e. The lowest BCUT2D eigenvalue weighted by Gasteiger charge is -2.24. The molecular weight excluding hydrogens is 374 g/mol. The summed E-state index contributed by atoms with van der Waals surface area (Å²) in [4.78, 5) is 15.1. The number of hydrogen-bond acceptors (Lipinski definition) is 4. The van der Waals surface area contributed by atoms with E-state index >= 15 is 0 Å². The zero-order valence-corrected chi connectivity index (χ0v) is 17.7. The molecule has 2 atom stereocenters. The van der Waals surface area contributed by atoms with Gasteiger partial charge in [0.1, 0.15) is 0 Å². The minimum atomic E-state index is -0.128. The predicted molar refractivity (Wildman–Crippen MR) is 114 cm³/mol. The van der Waals surface area contributed by atoms with E-state index in [1.54, 1.807) is 7.11 Å². The zero-order valence-electron chi connectivity index (χ0n) is 17.0. The average Bonchev–Trinajstić information content (AvgIpc) is 2.90. The van der Waals surface area contributed by atoms with Crippen molar-refractivity contribution < 1.29 is 9.53 Å². The molecule has 1 heterocycles. The number of halogens is 1. The number of nitrogens with zero attached hydrogens (tertiary/aromatic N) is 1. The average molecular weight is 408 g/mol. The van der Waals surface area contributed by atoms with Gasteiger partial charge in [-0.2, -0.15) is 0 Å². The van der Waals surface area contributed by atoms with Crippen LogP contribution in [0.25, 0.3) is 0 Å². The van der Waals surface area contributed by atoms with E-state index in [1.807, 2.05) is 24.3 Å². The molecule has 2 fully saturated rings. The molecule has 1 aromatic carbocycles. The van der Waals surface area contributed by atoms with Gasteiger partial charge in [0.05, 0.1) is 12.6 Å². The van der Waals surface area contributed by atoms with Crippen LogP contribution in [0.4, 0.5) is 0 Å². The summed E-state index contributed by atoms with van der Waals surface area (Å²) in [5.41, 5.74) is 1.08. The molecule has 0 spiro atoms. The van der Waals surface area contributed by atoms with Gasteiger partial charge in [-0.1, -0.05) is 55.5 Å². The second-order valence-corrected chi connectivity index (χ2v) is 8.52. The van der Waals surface area contributed by atoms with Crippen molar-refractivity contribution in [3.63, 3.8) is 0 Å². The third-order valence-corrected chi connectivity index (χ3v) is 6.34. The van der Waals surface area contributed by atoms with E-state index in [9.17, 15) is 4.79 Å². The predicted octanol–water partition coefficient (Wildman–Crippen LogP) is 3.36. The van der Waals surface area contributed by atoms with E-state index in [2.05, 4.69) is 15.5 Å². The number of likely N-dealkylation sites (tertiary alicyclic amines) is 1. The molecule has 0 radical (unpaired) electrons. The van der Waals surface area contributed by atoms with Crippen molar-refractivity contribution in [1.82, 2.24) is 15.5 Å². The van der Waals surface area contributed by atoms with Crippen LogP contribution >= 0.6 is 11.6 Å². The number of amides is 1. The summed E-state index contributed by atoms with van der Waals surface area (Å²) in [5, 5.41) is 7.65. The summed E-state index contributed by atoms with van der Waals surface area (Å²) in [6.07, 6.45) is 8.69. The third kappa shape index (κ3) is 6.18. The Morgan fingerprint density at radius 1 is 1.18 bits per heavy atom. The molecular formula is C22H34ClN3O2. The first kappa shape index (κ1) is 21.6. The van der Waals surface area contributed by atoms with Crippen molar-refractivity contribution in [3.8, 4) is 0 Å². The Bertz CT molecular complexity index is 620. The fourth-order valence-corrected chi connectivity index (χ4v) is 4.69. The van der Waals surface area contributed by atoms with E-state index < -0.39 is 0 Å². The maximum Gasteiger partial charge on any atom is 0.237 e. The molecule has 1 amide bonds. The van der Waals surface area contributed by atoms with Gasteiger partial charge in [-0.3, -0.25) is 9.69 Å². The van der Waals surface area contributed by atoms with E-state index in [-0.39, 0.29) is 11.9 Å².